The fourth-order valence-electron chi connectivity index (χ4n) is 2.72. The maximum absolute atomic E-state index is 10.3. The second kappa shape index (κ2) is 7.70. The molecule has 3 aromatic rings. The minimum Gasteiger partial charge on any atom is -0.388 e. The third-order valence-electron chi connectivity index (χ3n) is 3.95. The van der Waals surface area contributed by atoms with Crippen molar-refractivity contribution >= 4 is 11.3 Å². The van der Waals surface area contributed by atoms with Crippen LogP contribution in [0, 0.1) is 0 Å². The third-order valence-corrected chi connectivity index (χ3v) is 4.92. The quantitative estimate of drug-likeness (QED) is 0.692. The summed E-state index contributed by atoms with van der Waals surface area (Å²) in [5, 5.41) is 20.3. The van der Waals surface area contributed by atoms with Crippen LogP contribution in [0.2, 0.25) is 0 Å². The highest BCUT2D eigenvalue weighted by Crippen LogP contribution is 2.24. The van der Waals surface area contributed by atoms with Crippen LogP contribution in [0.15, 0.2) is 48.2 Å². The lowest BCUT2D eigenvalue weighted by atomic mass is 10.1. The SMILES string of the molecule is CC(CC(O)c1cccs1)NCc1cn(C)nc1-c1ccncc1. The molecule has 0 spiro atoms. The Morgan fingerprint density at radius 1 is 1.29 bits per heavy atom. The van der Waals surface area contributed by atoms with Gasteiger partial charge in [0.05, 0.1) is 11.8 Å². The highest BCUT2D eigenvalue weighted by molar-refractivity contribution is 7.10. The maximum Gasteiger partial charge on any atom is 0.0969 e. The Labute approximate surface area is 146 Å². The molecule has 0 aliphatic rings. The number of nitrogens with one attached hydrogen (secondary N) is 1. The second-order valence-corrected chi connectivity index (χ2v) is 6.94. The average Bonchev–Trinajstić information content (AvgIpc) is 3.23. The molecule has 0 saturated heterocycles. The normalized spacial score (nSPS) is 13.8. The lowest BCUT2D eigenvalue weighted by Gasteiger charge is -2.17. The smallest absolute Gasteiger partial charge is 0.0969 e. The van der Waals surface area contributed by atoms with Crippen molar-refractivity contribution in [2.24, 2.45) is 7.05 Å². The average molecular weight is 342 g/mol. The molecular weight excluding hydrogens is 320 g/mol. The van der Waals surface area contributed by atoms with Gasteiger partial charge < -0.3 is 10.4 Å². The van der Waals surface area contributed by atoms with E-state index in [0.717, 1.165) is 21.7 Å². The van der Waals surface area contributed by atoms with Gasteiger partial charge in [-0.1, -0.05) is 6.07 Å². The van der Waals surface area contributed by atoms with Crippen LogP contribution < -0.4 is 5.32 Å². The molecule has 3 heterocycles. The van der Waals surface area contributed by atoms with E-state index in [1.54, 1.807) is 23.7 Å². The number of hydrogen-bond acceptors (Lipinski definition) is 5. The molecule has 0 aromatic carbocycles. The van der Waals surface area contributed by atoms with Crippen LogP contribution >= 0.6 is 11.3 Å². The summed E-state index contributed by atoms with van der Waals surface area (Å²) < 4.78 is 1.83. The topological polar surface area (TPSA) is 63.0 Å². The lowest BCUT2D eigenvalue weighted by molar-refractivity contribution is 0.157. The molecule has 5 nitrogen and oxygen atoms in total. The fourth-order valence-corrected chi connectivity index (χ4v) is 3.44. The summed E-state index contributed by atoms with van der Waals surface area (Å²) in [5.41, 5.74) is 3.17. The number of aryl methyl sites for hydroxylation is 1. The van der Waals surface area contributed by atoms with Crippen LogP contribution in [-0.4, -0.2) is 25.9 Å². The van der Waals surface area contributed by atoms with Gasteiger partial charge in [-0.05, 0) is 36.9 Å². The van der Waals surface area contributed by atoms with Crippen LogP contribution in [-0.2, 0) is 13.6 Å². The Morgan fingerprint density at radius 2 is 2.08 bits per heavy atom. The first-order valence-electron chi connectivity index (χ1n) is 8.01. The van der Waals surface area contributed by atoms with Crippen molar-refractivity contribution in [1.82, 2.24) is 20.1 Å². The van der Waals surface area contributed by atoms with Crippen molar-refractivity contribution in [2.75, 3.05) is 0 Å². The van der Waals surface area contributed by atoms with E-state index in [-0.39, 0.29) is 6.04 Å². The molecule has 3 aromatic heterocycles. The number of rotatable bonds is 7. The zero-order valence-corrected chi connectivity index (χ0v) is 14.7. The van der Waals surface area contributed by atoms with E-state index < -0.39 is 6.10 Å². The number of hydrogen-bond donors (Lipinski definition) is 2. The lowest BCUT2D eigenvalue weighted by Crippen LogP contribution is -2.27. The van der Waals surface area contributed by atoms with Gasteiger partial charge in [-0.15, -0.1) is 11.3 Å². The van der Waals surface area contributed by atoms with E-state index in [1.807, 2.05) is 47.6 Å². The van der Waals surface area contributed by atoms with E-state index in [0.29, 0.717) is 13.0 Å². The number of aromatic nitrogens is 3. The van der Waals surface area contributed by atoms with Gasteiger partial charge >= 0.3 is 0 Å². The van der Waals surface area contributed by atoms with Gasteiger partial charge in [0.1, 0.15) is 0 Å². The summed E-state index contributed by atoms with van der Waals surface area (Å²) in [6, 6.07) is 8.08. The standard InChI is InChI=1S/C18H22N4OS/c1-13(10-16(23)17-4-3-9-24-17)20-11-15-12-22(2)21-18(15)14-5-7-19-8-6-14/h3-9,12-13,16,20,23H,10-11H2,1-2H3. The predicted molar refractivity (Wildman–Crippen MR) is 96.6 cm³/mol. The van der Waals surface area contributed by atoms with Crippen molar-refractivity contribution in [2.45, 2.75) is 32.0 Å². The molecule has 6 heteroatoms. The molecule has 0 aliphatic heterocycles. The van der Waals surface area contributed by atoms with E-state index in [2.05, 4.69) is 22.3 Å². The minimum absolute atomic E-state index is 0.201. The van der Waals surface area contributed by atoms with Crippen LogP contribution in [0.5, 0.6) is 0 Å². The highest BCUT2D eigenvalue weighted by atomic mass is 32.1. The Balaban J connectivity index is 1.62. The van der Waals surface area contributed by atoms with Gasteiger partial charge in [0.2, 0.25) is 0 Å². The Hall–Kier alpha value is -2.02. The minimum atomic E-state index is -0.416. The molecule has 0 amide bonds. The van der Waals surface area contributed by atoms with Gasteiger partial charge in [-0.3, -0.25) is 9.67 Å². The van der Waals surface area contributed by atoms with Crippen molar-refractivity contribution in [1.29, 1.82) is 0 Å². The van der Waals surface area contributed by atoms with Crippen molar-refractivity contribution in [3.63, 3.8) is 0 Å². The molecule has 2 atom stereocenters. The van der Waals surface area contributed by atoms with Crippen molar-refractivity contribution < 1.29 is 5.11 Å². The number of aliphatic hydroxyl groups is 1. The molecule has 0 saturated carbocycles. The largest absolute Gasteiger partial charge is 0.388 e. The zero-order valence-electron chi connectivity index (χ0n) is 13.9. The highest BCUT2D eigenvalue weighted by Gasteiger charge is 2.15. The van der Waals surface area contributed by atoms with E-state index in [4.69, 9.17) is 0 Å². The summed E-state index contributed by atoms with van der Waals surface area (Å²) in [6.45, 7) is 2.81. The van der Waals surface area contributed by atoms with E-state index in [1.165, 1.54) is 0 Å². The number of aliphatic hydroxyl groups excluding tert-OH is 1. The second-order valence-electron chi connectivity index (χ2n) is 5.96. The van der Waals surface area contributed by atoms with E-state index >= 15 is 0 Å². The molecule has 2 unspecified atom stereocenters. The predicted octanol–water partition coefficient (Wildman–Crippen LogP) is 3.15. The summed E-state index contributed by atoms with van der Waals surface area (Å²) in [4.78, 5) is 5.08. The Kier molecular flexibility index (Phi) is 5.40. The van der Waals surface area contributed by atoms with Crippen LogP contribution in [0.25, 0.3) is 11.3 Å². The zero-order chi connectivity index (χ0) is 16.9. The summed E-state index contributed by atoms with van der Waals surface area (Å²) in [7, 11) is 1.93. The Bertz CT molecular complexity index is 755. The van der Waals surface area contributed by atoms with Crippen LogP contribution in [0.4, 0.5) is 0 Å². The summed E-state index contributed by atoms with van der Waals surface area (Å²) >= 11 is 1.59. The van der Waals surface area contributed by atoms with Crippen LogP contribution in [0.3, 0.4) is 0 Å². The molecule has 0 fully saturated rings. The first-order chi connectivity index (χ1) is 11.6. The fraction of sp³-hybridized carbons (Fsp3) is 0.333. The summed E-state index contributed by atoms with van der Waals surface area (Å²) in [6.07, 6.45) is 5.86. The molecule has 3 rings (SSSR count). The van der Waals surface area contributed by atoms with Crippen LogP contribution in [0.1, 0.15) is 29.9 Å². The number of pyridine rings is 1. The van der Waals surface area contributed by atoms with E-state index in [9.17, 15) is 5.11 Å². The molecule has 24 heavy (non-hydrogen) atoms. The number of nitrogens with zero attached hydrogens (tertiary/aromatic N) is 3. The molecule has 0 bridgehead atoms. The first-order valence-corrected chi connectivity index (χ1v) is 8.89. The van der Waals surface area contributed by atoms with Gasteiger partial charge in [-0.25, -0.2) is 0 Å². The van der Waals surface area contributed by atoms with Gasteiger partial charge in [0, 0.05) is 54.2 Å². The first kappa shape index (κ1) is 16.8. The van der Waals surface area contributed by atoms with Gasteiger partial charge in [0.15, 0.2) is 0 Å². The maximum atomic E-state index is 10.3. The molecule has 0 aliphatic carbocycles. The van der Waals surface area contributed by atoms with Gasteiger partial charge in [0.25, 0.3) is 0 Å². The molecule has 2 N–H and O–H groups in total. The Morgan fingerprint density at radius 3 is 2.79 bits per heavy atom. The molecule has 0 radical (unpaired) electrons. The monoisotopic (exact) mass is 342 g/mol. The van der Waals surface area contributed by atoms with Crippen molar-refractivity contribution in [3.05, 3.63) is 58.7 Å². The molecular formula is C18H22N4OS. The van der Waals surface area contributed by atoms with Crippen molar-refractivity contribution in [3.8, 4) is 11.3 Å². The van der Waals surface area contributed by atoms with Gasteiger partial charge in [-0.2, -0.15) is 5.10 Å². The third kappa shape index (κ3) is 4.08. The summed E-state index contributed by atoms with van der Waals surface area (Å²) in [5.74, 6) is 0. The number of thiophene rings is 1. The molecule has 126 valence electrons.